The molecule has 0 fully saturated rings. The van der Waals surface area contributed by atoms with Crippen molar-refractivity contribution >= 4 is 11.6 Å². The molecule has 0 aliphatic heterocycles. The van der Waals surface area contributed by atoms with Crippen molar-refractivity contribution in [3.63, 3.8) is 0 Å². The lowest BCUT2D eigenvalue weighted by atomic mass is 10.2. The van der Waals surface area contributed by atoms with Gasteiger partial charge in [-0.15, -0.1) is 0 Å². The Balaban J connectivity index is 2.78. The monoisotopic (exact) mass is 298 g/mol. The average molecular weight is 298 g/mol. The number of rotatable bonds is 1. The number of carboxylic acid groups (broad SMARTS) is 1. The summed E-state index contributed by atoms with van der Waals surface area (Å²) in [6.45, 7) is 0. The second-order valence-corrected chi connectivity index (χ2v) is 3.75. The lowest BCUT2D eigenvalue weighted by Gasteiger charge is -2.06. The molecule has 0 saturated heterocycles. The molecule has 0 aliphatic rings. The second-order valence-electron chi connectivity index (χ2n) is 3.75. The Labute approximate surface area is 106 Å². The first-order valence-electron chi connectivity index (χ1n) is 4.91. The average Bonchev–Trinajstić information content (AvgIpc) is 2.65. The van der Waals surface area contributed by atoms with Crippen molar-refractivity contribution in [2.45, 2.75) is 12.4 Å². The number of aromatic nitrogens is 2. The summed E-state index contributed by atoms with van der Waals surface area (Å²) in [5.74, 6) is -1.94. The number of carboxylic acids is 1. The van der Waals surface area contributed by atoms with Crippen molar-refractivity contribution in [3.05, 3.63) is 35.3 Å². The highest BCUT2D eigenvalue weighted by Gasteiger charge is 2.40. The first-order chi connectivity index (χ1) is 9.01. The summed E-state index contributed by atoms with van der Waals surface area (Å²) in [6.07, 6.45) is -9.27. The Hall–Kier alpha value is -2.26. The number of carbonyl (C=O) groups is 1. The predicted octanol–water partition coefficient (Wildman–Crippen LogP) is 3.07. The number of aromatic carboxylic acids is 1. The van der Waals surface area contributed by atoms with Crippen molar-refractivity contribution in [2.75, 3.05) is 0 Å². The van der Waals surface area contributed by atoms with Crippen LogP contribution in [0.3, 0.4) is 0 Å². The molecular weight excluding hydrogens is 294 g/mol. The fourth-order valence-electron chi connectivity index (χ4n) is 1.62. The van der Waals surface area contributed by atoms with Gasteiger partial charge in [-0.25, -0.2) is 9.78 Å². The van der Waals surface area contributed by atoms with Crippen LogP contribution in [0.5, 0.6) is 0 Å². The van der Waals surface area contributed by atoms with Gasteiger partial charge >= 0.3 is 18.3 Å². The number of halogens is 6. The van der Waals surface area contributed by atoms with Crippen LogP contribution in [0.25, 0.3) is 5.65 Å². The minimum Gasteiger partial charge on any atom is -0.476 e. The third kappa shape index (κ3) is 2.28. The molecule has 0 aromatic carbocycles. The summed E-state index contributed by atoms with van der Waals surface area (Å²) in [5, 5.41) is 8.76. The van der Waals surface area contributed by atoms with Gasteiger partial charge in [0.15, 0.2) is 11.4 Å². The Morgan fingerprint density at radius 1 is 1.15 bits per heavy atom. The number of hydrogen-bond donors (Lipinski definition) is 1. The fraction of sp³-hybridized carbons (Fsp3) is 0.200. The lowest BCUT2D eigenvalue weighted by molar-refractivity contribution is -0.141. The van der Waals surface area contributed by atoms with Crippen LogP contribution >= 0.6 is 0 Å². The van der Waals surface area contributed by atoms with E-state index in [1.165, 1.54) is 0 Å². The molecule has 1 N–H and O–H groups in total. The number of imidazole rings is 1. The quantitative estimate of drug-likeness (QED) is 0.823. The van der Waals surface area contributed by atoms with E-state index in [0.29, 0.717) is 22.7 Å². The van der Waals surface area contributed by atoms with Gasteiger partial charge in [0.05, 0.1) is 5.56 Å². The summed E-state index contributed by atoms with van der Waals surface area (Å²) in [4.78, 5) is 13.8. The number of hydrogen-bond acceptors (Lipinski definition) is 2. The molecule has 0 amide bonds. The third-order valence-corrected chi connectivity index (χ3v) is 2.42. The van der Waals surface area contributed by atoms with E-state index in [0.717, 1.165) is 0 Å². The van der Waals surface area contributed by atoms with Gasteiger partial charge in [-0.2, -0.15) is 26.3 Å². The zero-order valence-electron chi connectivity index (χ0n) is 9.25. The zero-order valence-corrected chi connectivity index (χ0v) is 9.25. The van der Waals surface area contributed by atoms with Gasteiger partial charge < -0.3 is 5.11 Å². The molecule has 20 heavy (non-hydrogen) atoms. The van der Waals surface area contributed by atoms with Crippen molar-refractivity contribution in [1.82, 2.24) is 9.38 Å². The molecular formula is C10H4F6N2O2. The van der Waals surface area contributed by atoms with Crippen LogP contribution < -0.4 is 0 Å². The van der Waals surface area contributed by atoms with Crippen molar-refractivity contribution < 1.29 is 36.2 Å². The molecule has 2 heterocycles. The maximum atomic E-state index is 12.6. The molecule has 2 aromatic rings. The Morgan fingerprint density at radius 3 is 2.20 bits per heavy atom. The highest BCUT2D eigenvalue weighted by Crippen LogP contribution is 2.34. The van der Waals surface area contributed by atoms with Gasteiger partial charge in [0, 0.05) is 6.20 Å². The third-order valence-electron chi connectivity index (χ3n) is 2.42. The summed E-state index contributed by atoms with van der Waals surface area (Å²) in [7, 11) is 0. The van der Waals surface area contributed by atoms with Gasteiger partial charge in [-0.1, -0.05) is 0 Å². The Bertz CT molecular complexity index is 685. The zero-order chi connectivity index (χ0) is 15.3. The van der Waals surface area contributed by atoms with E-state index in [1.807, 2.05) is 0 Å². The number of nitrogens with zero attached hydrogens (tertiary/aromatic N) is 2. The summed E-state index contributed by atoms with van der Waals surface area (Å²) >= 11 is 0. The molecule has 4 nitrogen and oxygen atoms in total. The topological polar surface area (TPSA) is 54.6 Å². The minimum absolute atomic E-state index is 0.349. The van der Waals surface area contributed by atoms with E-state index >= 15 is 0 Å². The normalized spacial score (nSPS) is 12.9. The minimum atomic E-state index is -5.09. The van der Waals surface area contributed by atoms with E-state index < -0.39 is 40.9 Å². The van der Waals surface area contributed by atoms with E-state index in [4.69, 9.17) is 5.11 Å². The van der Waals surface area contributed by atoms with Crippen LogP contribution in [0.2, 0.25) is 0 Å². The standard InChI is InChI=1S/C10H4F6N2O2/c11-9(12,13)4-1-2-18-5(3-4)17-7(10(14,15)16)6(18)8(19)20/h1-3H,(H,19,20). The van der Waals surface area contributed by atoms with Gasteiger partial charge in [-0.05, 0) is 12.1 Å². The van der Waals surface area contributed by atoms with Gasteiger partial charge in [0.25, 0.3) is 0 Å². The van der Waals surface area contributed by atoms with Gasteiger partial charge in [0.2, 0.25) is 0 Å². The Morgan fingerprint density at radius 2 is 1.75 bits per heavy atom. The van der Waals surface area contributed by atoms with Crippen molar-refractivity contribution in [2.24, 2.45) is 0 Å². The summed E-state index contributed by atoms with van der Waals surface area (Å²) < 4.78 is 75.6. The number of fused-ring (bicyclic) bond motifs is 1. The van der Waals surface area contributed by atoms with Crippen molar-refractivity contribution in [1.29, 1.82) is 0 Å². The second kappa shape index (κ2) is 4.12. The van der Waals surface area contributed by atoms with Crippen LogP contribution in [-0.4, -0.2) is 20.5 Å². The molecule has 2 rings (SSSR count). The molecule has 0 spiro atoms. The van der Waals surface area contributed by atoms with E-state index in [2.05, 4.69) is 4.98 Å². The Kier molecular flexibility index (Phi) is 2.91. The van der Waals surface area contributed by atoms with Crippen LogP contribution in [-0.2, 0) is 12.4 Å². The van der Waals surface area contributed by atoms with Crippen molar-refractivity contribution in [3.8, 4) is 0 Å². The molecule has 0 saturated carbocycles. The largest absolute Gasteiger partial charge is 0.476 e. The van der Waals surface area contributed by atoms with Gasteiger partial charge in [-0.3, -0.25) is 4.40 Å². The van der Waals surface area contributed by atoms with E-state index in [-0.39, 0.29) is 0 Å². The maximum Gasteiger partial charge on any atom is 0.435 e. The van der Waals surface area contributed by atoms with Crippen LogP contribution in [0.1, 0.15) is 21.7 Å². The maximum absolute atomic E-state index is 12.6. The smallest absolute Gasteiger partial charge is 0.435 e. The first kappa shape index (κ1) is 14.2. The molecule has 0 unspecified atom stereocenters. The van der Waals surface area contributed by atoms with Crippen LogP contribution in [0.15, 0.2) is 18.3 Å². The van der Waals surface area contributed by atoms with Crippen LogP contribution in [0, 0.1) is 0 Å². The number of pyridine rings is 1. The summed E-state index contributed by atoms with van der Waals surface area (Å²) in [5.41, 5.74) is -4.95. The SMILES string of the molecule is O=C(O)c1c(C(F)(F)F)nc2cc(C(F)(F)F)ccn12. The molecule has 0 aliphatic carbocycles. The lowest BCUT2D eigenvalue weighted by Crippen LogP contribution is -2.14. The molecule has 0 bridgehead atoms. The molecule has 2 aromatic heterocycles. The molecule has 108 valence electrons. The summed E-state index contributed by atoms with van der Waals surface area (Å²) in [6, 6.07) is 0.822. The van der Waals surface area contributed by atoms with Crippen LogP contribution in [0.4, 0.5) is 26.3 Å². The fourth-order valence-corrected chi connectivity index (χ4v) is 1.62. The highest BCUT2D eigenvalue weighted by molar-refractivity contribution is 5.88. The predicted molar refractivity (Wildman–Crippen MR) is 52.2 cm³/mol. The molecule has 0 radical (unpaired) electrons. The van der Waals surface area contributed by atoms with Gasteiger partial charge in [0.1, 0.15) is 5.65 Å². The number of alkyl halides is 6. The van der Waals surface area contributed by atoms with E-state index in [9.17, 15) is 31.1 Å². The molecule has 0 atom stereocenters. The molecule has 10 heteroatoms. The first-order valence-corrected chi connectivity index (χ1v) is 4.91. The highest BCUT2D eigenvalue weighted by atomic mass is 19.4. The van der Waals surface area contributed by atoms with E-state index in [1.54, 1.807) is 0 Å².